The molecular formula is C43H32N6Pd. The SMILES string of the molecule is CC(C)(c1cccc(-n2[c-]c(-c3ccccc3)nc2-c2ccccc2)n1)c1cccc(-n2[c-]c(-c3ccccc3)nc2-c2ccccc2)n1.[Pd+2]. The molecule has 8 aromatic rings. The Hall–Kier alpha value is -5.74. The number of hydrogen-bond acceptors (Lipinski definition) is 4. The molecule has 4 aromatic carbocycles. The van der Waals surface area contributed by atoms with Crippen molar-refractivity contribution in [3.63, 3.8) is 0 Å². The average molecular weight is 739 g/mol. The van der Waals surface area contributed by atoms with E-state index < -0.39 is 5.41 Å². The molecule has 7 heteroatoms. The van der Waals surface area contributed by atoms with Crippen LogP contribution in [0.15, 0.2) is 158 Å². The largest absolute Gasteiger partial charge is 2.00 e. The van der Waals surface area contributed by atoms with Crippen molar-refractivity contribution < 1.29 is 20.4 Å². The molecule has 0 atom stereocenters. The zero-order valence-electron chi connectivity index (χ0n) is 27.5. The zero-order valence-corrected chi connectivity index (χ0v) is 29.1. The molecule has 6 nitrogen and oxygen atoms in total. The molecule has 50 heavy (non-hydrogen) atoms. The summed E-state index contributed by atoms with van der Waals surface area (Å²) >= 11 is 0. The summed E-state index contributed by atoms with van der Waals surface area (Å²) in [5, 5.41) is 0. The first-order chi connectivity index (χ1) is 24.0. The molecule has 0 aliphatic rings. The summed E-state index contributed by atoms with van der Waals surface area (Å²) in [6, 6.07) is 52.8. The van der Waals surface area contributed by atoms with Crippen molar-refractivity contribution in [2.75, 3.05) is 0 Å². The summed E-state index contributed by atoms with van der Waals surface area (Å²) in [5.41, 5.74) is 6.71. The van der Waals surface area contributed by atoms with Crippen LogP contribution in [-0.2, 0) is 25.8 Å². The second kappa shape index (κ2) is 14.0. The van der Waals surface area contributed by atoms with Gasteiger partial charge in [0.1, 0.15) is 0 Å². The molecular weight excluding hydrogens is 707 g/mol. The van der Waals surface area contributed by atoms with Crippen molar-refractivity contribution >= 4 is 0 Å². The Kier molecular flexibility index (Phi) is 9.19. The van der Waals surface area contributed by atoms with Crippen molar-refractivity contribution in [3.05, 3.63) is 182 Å². The van der Waals surface area contributed by atoms with Gasteiger partial charge in [-0.3, -0.25) is 19.9 Å². The normalized spacial score (nSPS) is 11.2. The predicted molar refractivity (Wildman–Crippen MR) is 194 cm³/mol. The Morgan fingerprint density at radius 3 is 1.10 bits per heavy atom. The van der Waals surface area contributed by atoms with Crippen LogP contribution in [0.4, 0.5) is 0 Å². The molecule has 0 unspecified atom stereocenters. The Labute approximate surface area is 305 Å². The Bertz CT molecular complexity index is 2180. The minimum absolute atomic E-state index is 0. The smallest absolute Gasteiger partial charge is 0.404 e. The topological polar surface area (TPSA) is 61.4 Å². The maximum absolute atomic E-state index is 5.22. The standard InChI is InChI=1S/C43H32N6.Pd/c1-43(2,37-25-15-27-39(46-37)48-29-35(31-17-7-3-8-18-31)44-41(48)33-21-11-5-12-22-33)38-26-16-28-40(47-38)49-30-36(32-19-9-4-10-20-32)45-42(49)34-23-13-6-14-24-34;/h3-28H,1-2H3;/q-2;+2. The predicted octanol–water partition coefficient (Wildman–Crippen LogP) is 9.44. The van der Waals surface area contributed by atoms with Gasteiger partial charge in [0.25, 0.3) is 0 Å². The molecule has 0 fully saturated rings. The summed E-state index contributed by atoms with van der Waals surface area (Å²) in [6.45, 7) is 4.31. The molecule has 0 N–H and O–H groups in total. The third kappa shape index (κ3) is 6.37. The number of hydrogen-bond donors (Lipinski definition) is 0. The Balaban J connectivity index is 0.00000392. The van der Waals surface area contributed by atoms with Crippen molar-refractivity contribution in [3.8, 4) is 56.9 Å². The quantitative estimate of drug-likeness (QED) is 0.115. The van der Waals surface area contributed by atoms with Crippen LogP contribution in [0.2, 0.25) is 0 Å². The van der Waals surface area contributed by atoms with E-state index in [9.17, 15) is 0 Å². The van der Waals surface area contributed by atoms with Gasteiger partial charge in [-0.1, -0.05) is 157 Å². The van der Waals surface area contributed by atoms with E-state index in [1.165, 1.54) is 0 Å². The van der Waals surface area contributed by atoms with Crippen LogP contribution < -0.4 is 0 Å². The summed E-state index contributed by atoms with van der Waals surface area (Å²) in [5.74, 6) is 3.02. The van der Waals surface area contributed by atoms with Crippen LogP contribution in [0.3, 0.4) is 0 Å². The molecule has 0 bridgehead atoms. The molecule has 8 rings (SSSR count). The van der Waals surface area contributed by atoms with Crippen molar-refractivity contribution in [2.24, 2.45) is 0 Å². The molecule has 0 radical (unpaired) electrons. The van der Waals surface area contributed by atoms with Crippen molar-refractivity contribution in [1.82, 2.24) is 29.1 Å². The van der Waals surface area contributed by atoms with Crippen molar-refractivity contribution in [1.29, 1.82) is 0 Å². The minimum atomic E-state index is -0.544. The summed E-state index contributed by atoms with van der Waals surface area (Å²) in [7, 11) is 0. The molecule has 0 saturated heterocycles. The maximum atomic E-state index is 5.22. The molecule has 0 aliphatic heterocycles. The second-order valence-electron chi connectivity index (χ2n) is 12.3. The van der Waals surface area contributed by atoms with E-state index in [1.807, 2.05) is 130 Å². The van der Waals surface area contributed by atoms with E-state index in [1.54, 1.807) is 0 Å². The molecule has 4 aromatic heterocycles. The fourth-order valence-electron chi connectivity index (χ4n) is 5.95. The van der Waals surface area contributed by atoms with E-state index in [4.69, 9.17) is 19.9 Å². The molecule has 4 heterocycles. The van der Waals surface area contributed by atoms with E-state index in [-0.39, 0.29) is 20.4 Å². The zero-order chi connectivity index (χ0) is 33.2. The molecule has 0 amide bonds. The summed E-state index contributed by atoms with van der Waals surface area (Å²) in [4.78, 5) is 20.5. The van der Waals surface area contributed by atoms with E-state index in [0.29, 0.717) is 0 Å². The number of benzene rings is 4. The fraction of sp³-hybridized carbons (Fsp3) is 0.0698. The number of nitrogens with zero attached hydrogens (tertiary/aromatic N) is 6. The van der Waals surface area contributed by atoms with Crippen LogP contribution in [-0.4, -0.2) is 29.1 Å². The first kappa shape index (κ1) is 32.8. The molecule has 244 valence electrons. The maximum Gasteiger partial charge on any atom is 2.00 e. The number of imidazole rings is 2. The number of pyridine rings is 2. The van der Waals surface area contributed by atoms with E-state index in [2.05, 4.69) is 62.6 Å². The molecule has 0 spiro atoms. The van der Waals surface area contributed by atoms with Gasteiger partial charge in [-0.15, -0.1) is 0 Å². The van der Waals surface area contributed by atoms with Gasteiger partial charge in [-0.25, -0.2) is 0 Å². The van der Waals surface area contributed by atoms with Gasteiger partial charge >= 0.3 is 20.4 Å². The number of aromatic nitrogens is 6. The monoisotopic (exact) mass is 738 g/mol. The van der Waals surface area contributed by atoms with Gasteiger partial charge in [-0.05, 0) is 60.9 Å². The fourth-order valence-corrected chi connectivity index (χ4v) is 5.95. The summed E-state index contributed by atoms with van der Waals surface area (Å²) in [6.07, 6.45) is 7.02. The number of rotatable bonds is 8. The Morgan fingerprint density at radius 2 is 0.740 bits per heavy atom. The third-order valence-electron chi connectivity index (χ3n) is 8.66. The first-order valence-corrected chi connectivity index (χ1v) is 16.3. The van der Waals surface area contributed by atoms with Crippen LogP contribution in [0.5, 0.6) is 0 Å². The van der Waals surface area contributed by atoms with Gasteiger partial charge in [-0.2, -0.15) is 0 Å². The van der Waals surface area contributed by atoms with Crippen molar-refractivity contribution in [2.45, 2.75) is 19.3 Å². The van der Waals surface area contributed by atoms with Gasteiger partial charge in [0.2, 0.25) is 0 Å². The van der Waals surface area contributed by atoms with Crippen LogP contribution >= 0.6 is 0 Å². The van der Waals surface area contributed by atoms with Gasteiger partial charge < -0.3 is 9.13 Å². The molecule has 0 saturated carbocycles. The van der Waals surface area contributed by atoms with Gasteiger partial charge in [0.05, 0.1) is 23.3 Å². The third-order valence-corrected chi connectivity index (χ3v) is 8.66. The van der Waals surface area contributed by atoms with E-state index >= 15 is 0 Å². The second-order valence-corrected chi connectivity index (χ2v) is 12.3. The van der Waals surface area contributed by atoms with Crippen LogP contribution in [0.25, 0.3) is 56.9 Å². The van der Waals surface area contributed by atoms with Gasteiger partial charge in [0.15, 0.2) is 0 Å². The van der Waals surface area contributed by atoms with E-state index in [0.717, 1.165) is 68.3 Å². The van der Waals surface area contributed by atoms with Gasteiger partial charge in [0, 0.05) is 16.8 Å². The summed E-state index contributed by atoms with van der Waals surface area (Å²) < 4.78 is 3.91. The first-order valence-electron chi connectivity index (χ1n) is 16.3. The average Bonchev–Trinajstić information content (AvgIpc) is 3.83. The Morgan fingerprint density at radius 1 is 0.400 bits per heavy atom. The van der Waals surface area contributed by atoms with Crippen LogP contribution in [0, 0.1) is 12.4 Å². The molecule has 0 aliphatic carbocycles. The van der Waals surface area contributed by atoms with Crippen LogP contribution in [0.1, 0.15) is 25.2 Å². The minimum Gasteiger partial charge on any atom is -0.404 e.